The molecule has 0 unspecified atom stereocenters. The van der Waals surface area contributed by atoms with Crippen LogP contribution in [0.4, 0.5) is 5.69 Å². The molecular weight excluding hydrogens is 352 g/mol. The molecule has 1 heterocycles. The molecule has 146 valence electrons. The quantitative estimate of drug-likeness (QED) is 0.864. The van der Waals surface area contributed by atoms with Crippen LogP contribution in [0.2, 0.25) is 0 Å². The standard InChI is InChI=1S/C23H26N2O3/c1-2-28-21-13-6-5-12-20(21)25-15-17(14-22(25)26)23(27)24-19-11-7-9-16-8-3-4-10-18(16)19/h3-6,8,10,12-13,17,19H,2,7,9,11,14-15H2,1H3,(H,24,27)/t17-,19-/m1/s1. The molecule has 1 fully saturated rings. The van der Waals surface area contributed by atoms with E-state index < -0.39 is 0 Å². The number of ether oxygens (including phenoxy) is 1. The maximum absolute atomic E-state index is 12.9. The predicted octanol–water partition coefficient (Wildman–Crippen LogP) is 3.63. The fourth-order valence-corrected chi connectivity index (χ4v) is 4.27. The van der Waals surface area contributed by atoms with Crippen LogP contribution in [0.5, 0.6) is 5.75 Å². The Morgan fingerprint density at radius 2 is 1.96 bits per heavy atom. The van der Waals surface area contributed by atoms with E-state index >= 15 is 0 Å². The first-order valence-corrected chi connectivity index (χ1v) is 10.1. The Hall–Kier alpha value is -2.82. The van der Waals surface area contributed by atoms with E-state index in [1.807, 2.05) is 43.3 Å². The minimum absolute atomic E-state index is 0.0312. The number of nitrogens with zero attached hydrogens (tertiary/aromatic N) is 1. The van der Waals surface area contributed by atoms with Gasteiger partial charge in [0.15, 0.2) is 0 Å². The maximum Gasteiger partial charge on any atom is 0.227 e. The van der Waals surface area contributed by atoms with Gasteiger partial charge in [-0.25, -0.2) is 0 Å². The van der Waals surface area contributed by atoms with Crippen molar-refractivity contribution in [3.63, 3.8) is 0 Å². The minimum atomic E-state index is -0.337. The fourth-order valence-electron chi connectivity index (χ4n) is 4.27. The molecule has 2 aliphatic rings. The second-order valence-electron chi connectivity index (χ2n) is 7.46. The normalized spacial score (nSPS) is 21.3. The molecular formula is C23H26N2O3. The van der Waals surface area contributed by atoms with Gasteiger partial charge in [-0.3, -0.25) is 9.59 Å². The largest absolute Gasteiger partial charge is 0.492 e. The number of hydrogen-bond donors (Lipinski definition) is 1. The van der Waals surface area contributed by atoms with E-state index in [0.29, 0.717) is 18.9 Å². The molecule has 2 atom stereocenters. The highest BCUT2D eigenvalue weighted by molar-refractivity contribution is 6.01. The molecule has 0 radical (unpaired) electrons. The lowest BCUT2D eigenvalue weighted by atomic mass is 9.87. The summed E-state index contributed by atoms with van der Waals surface area (Å²) in [5, 5.41) is 3.20. The molecule has 1 N–H and O–H groups in total. The molecule has 28 heavy (non-hydrogen) atoms. The molecule has 0 saturated carbocycles. The second-order valence-corrected chi connectivity index (χ2v) is 7.46. The Morgan fingerprint density at radius 3 is 2.82 bits per heavy atom. The van der Waals surface area contributed by atoms with Gasteiger partial charge in [0, 0.05) is 13.0 Å². The molecule has 4 rings (SSSR count). The van der Waals surface area contributed by atoms with E-state index in [9.17, 15) is 9.59 Å². The Balaban J connectivity index is 1.47. The van der Waals surface area contributed by atoms with Gasteiger partial charge in [-0.1, -0.05) is 36.4 Å². The van der Waals surface area contributed by atoms with Crippen molar-refractivity contribution in [2.24, 2.45) is 5.92 Å². The number of amides is 2. The summed E-state index contributed by atoms with van der Waals surface area (Å²) in [4.78, 5) is 27.2. The minimum Gasteiger partial charge on any atom is -0.492 e. The number of fused-ring (bicyclic) bond motifs is 1. The van der Waals surface area contributed by atoms with E-state index in [1.54, 1.807) is 4.90 Å². The molecule has 5 heteroatoms. The molecule has 5 nitrogen and oxygen atoms in total. The van der Waals surface area contributed by atoms with Crippen molar-refractivity contribution in [1.29, 1.82) is 0 Å². The number of rotatable bonds is 5. The Bertz CT molecular complexity index is 880. The average molecular weight is 378 g/mol. The van der Waals surface area contributed by atoms with Crippen molar-refractivity contribution in [3.8, 4) is 5.75 Å². The predicted molar refractivity (Wildman–Crippen MR) is 108 cm³/mol. The zero-order valence-corrected chi connectivity index (χ0v) is 16.2. The van der Waals surface area contributed by atoms with E-state index in [-0.39, 0.29) is 30.2 Å². The van der Waals surface area contributed by atoms with Gasteiger partial charge in [-0.2, -0.15) is 0 Å². The highest BCUT2D eigenvalue weighted by Gasteiger charge is 2.37. The highest BCUT2D eigenvalue weighted by Crippen LogP contribution is 2.34. The third-order valence-electron chi connectivity index (χ3n) is 5.64. The molecule has 2 amide bonds. The molecule has 1 aliphatic carbocycles. The Kier molecular flexibility index (Phi) is 5.33. The first-order chi connectivity index (χ1) is 13.7. The SMILES string of the molecule is CCOc1ccccc1N1C[C@H](C(=O)N[C@@H]2CCCc3ccccc32)CC1=O. The van der Waals surface area contributed by atoms with Gasteiger partial charge in [0.05, 0.1) is 24.3 Å². The monoisotopic (exact) mass is 378 g/mol. The van der Waals surface area contributed by atoms with Crippen LogP contribution in [-0.2, 0) is 16.0 Å². The second kappa shape index (κ2) is 8.05. The van der Waals surface area contributed by atoms with Crippen LogP contribution < -0.4 is 15.0 Å². The molecule has 2 aromatic carbocycles. The number of carbonyl (C=O) groups excluding carboxylic acids is 2. The lowest BCUT2D eigenvalue weighted by Gasteiger charge is -2.27. The van der Waals surface area contributed by atoms with Crippen molar-refractivity contribution in [2.75, 3.05) is 18.1 Å². The highest BCUT2D eigenvalue weighted by atomic mass is 16.5. The number of nitrogens with one attached hydrogen (secondary N) is 1. The van der Waals surface area contributed by atoms with Gasteiger partial charge in [-0.15, -0.1) is 0 Å². The van der Waals surface area contributed by atoms with Crippen molar-refractivity contribution >= 4 is 17.5 Å². The molecule has 0 spiro atoms. The van der Waals surface area contributed by atoms with Crippen LogP contribution in [0.1, 0.15) is 43.4 Å². The summed E-state index contributed by atoms with van der Waals surface area (Å²) in [6.07, 6.45) is 3.31. The number of para-hydroxylation sites is 2. The molecule has 1 saturated heterocycles. The van der Waals surface area contributed by atoms with Gasteiger partial charge < -0.3 is 15.0 Å². The first kappa shape index (κ1) is 18.5. The molecule has 0 bridgehead atoms. The van der Waals surface area contributed by atoms with Crippen LogP contribution in [0, 0.1) is 5.92 Å². The van der Waals surface area contributed by atoms with Gasteiger partial charge in [0.25, 0.3) is 0 Å². The van der Waals surface area contributed by atoms with Crippen molar-refractivity contribution in [2.45, 2.75) is 38.6 Å². The summed E-state index contributed by atoms with van der Waals surface area (Å²) in [5.74, 6) is 0.277. The Labute approximate surface area is 165 Å². The summed E-state index contributed by atoms with van der Waals surface area (Å²) in [6, 6.07) is 15.9. The van der Waals surface area contributed by atoms with Crippen LogP contribution in [0.15, 0.2) is 48.5 Å². The summed E-state index contributed by atoms with van der Waals surface area (Å²) in [7, 11) is 0. The zero-order valence-electron chi connectivity index (χ0n) is 16.2. The summed E-state index contributed by atoms with van der Waals surface area (Å²) in [5.41, 5.74) is 3.27. The van der Waals surface area contributed by atoms with Crippen molar-refractivity contribution < 1.29 is 14.3 Å². The fraction of sp³-hybridized carbons (Fsp3) is 0.391. The lowest BCUT2D eigenvalue weighted by molar-refractivity contribution is -0.127. The van der Waals surface area contributed by atoms with Gasteiger partial charge >= 0.3 is 0 Å². The lowest BCUT2D eigenvalue weighted by Crippen LogP contribution is -2.36. The number of anilines is 1. The van der Waals surface area contributed by atoms with E-state index in [1.165, 1.54) is 11.1 Å². The summed E-state index contributed by atoms with van der Waals surface area (Å²) in [6.45, 7) is 2.84. The van der Waals surface area contributed by atoms with Crippen LogP contribution in [0.25, 0.3) is 0 Å². The van der Waals surface area contributed by atoms with Crippen molar-refractivity contribution in [1.82, 2.24) is 5.32 Å². The van der Waals surface area contributed by atoms with Gasteiger partial charge in [-0.05, 0) is 49.4 Å². The topological polar surface area (TPSA) is 58.6 Å². The van der Waals surface area contributed by atoms with Gasteiger partial charge in [0.1, 0.15) is 5.75 Å². The number of aryl methyl sites for hydroxylation is 1. The van der Waals surface area contributed by atoms with E-state index in [0.717, 1.165) is 24.9 Å². The smallest absolute Gasteiger partial charge is 0.227 e. The number of carbonyl (C=O) groups is 2. The zero-order chi connectivity index (χ0) is 19.5. The summed E-state index contributed by atoms with van der Waals surface area (Å²) >= 11 is 0. The summed E-state index contributed by atoms with van der Waals surface area (Å²) < 4.78 is 5.66. The third kappa shape index (κ3) is 3.61. The first-order valence-electron chi connectivity index (χ1n) is 10.1. The van der Waals surface area contributed by atoms with Crippen molar-refractivity contribution in [3.05, 3.63) is 59.7 Å². The number of hydrogen-bond acceptors (Lipinski definition) is 3. The maximum atomic E-state index is 12.9. The van der Waals surface area contributed by atoms with Crippen LogP contribution >= 0.6 is 0 Å². The van der Waals surface area contributed by atoms with Gasteiger partial charge in [0.2, 0.25) is 11.8 Å². The third-order valence-corrected chi connectivity index (χ3v) is 5.64. The van der Waals surface area contributed by atoms with E-state index in [4.69, 9.17) is 4.74 Å². The molecule has 0 aromatic heterocycles. The average Bonchev–Trinajstić information content (AvgIpc) is 3.11. The Morgan fingerprint density at radius 1 is 1.18 bits per heavy atom. The molecule has 2 aromatic rings. The van der Waals surface area contributed by atoms with Crippen LogP contribution in [0.3, 0.4) is 0 Å². The molecule has 1 aliphatic heterocycles. The van der Waals surface area contributed by atoms with Crippen LogP contribution in [-0.4, -0.2) is 25.0 Å². The van der Waals surface area contributed by atoms with E-state index in [2.05, 4.69) is 17.4 Å². The number of benzene rings is 2.